The van der Waals surface area contributed by atoms with E-state index in [0.29, 0.717) is 18.7 Å². The van der Waals surface area contributed by atoms with Gasteiger partial charge in [0.15, 0.2) is 0 Å². The highest BCUT2D eigenvalue weighted by Gasteiger charge is 2.07. The van der Waals surface area contributed by atoms with Crippen molar-refractivity contribution in [3.63, 3.8) is 0 Å². The fraction of sp³-hybridized carbons (Fsp3) is 0.182. The maximum atomic E-state index is 13.5. The first-order chi connectivity index (χ1) is 7.33. The van der Waals surface area contributed by atoms with Crippen molar-refractivity contribution in [3.05, 3.63) is 48.3 Å². The smallest absolute Gasteiger partial charge is 0.147 e. The molecular formula is C11H12FN3. The molecule has 0 unspecified atom stereocenters. The van der Waals surface area contributed by atoms with Crippen LogP contribution in [-0.2, 0) is 6.42 Å². The van der Waals surface area contributed by atoms with Gasteiger partial charge in [-0.05, 0) is 18.7 Å². The van der Waals surface area contributed by atoms with E-state index in [1.807, 2.05) is 0 Å². The Morgan fingerprint density at radius 3 is 2.87 bits per heavy atom. The van der Waals surface area contributed by atoms with Crippen molar-refractivity contribution in [2.75, 3.05) is 6.54 Å². The zero-order chi connectivity index (χ0) is 10.7. The Kier molecular flexibility index (Phi) is 2.78. The van der Waals surface area contributed by atoms with Gasteiger partial charge in [0, 0.05) is 18.3 Å². The van der Waals surface area contributed by atoms with Gasteiger partial charge in [-0.25, -0.2) is 9.37 Å². The van der Waals surface area contributed by atoms with Crippen LogP contribution in [0.3, 0.4) is 0 Å². The third kappa shape index (κ3) is 1.89. The normalized spacial score (nSPS) is 10.5. The summed E-state index contributed by atoms with van der Waals surface area (Å²) in [6.45, 7) is 0.528. The summed E-state index contributed by atoms with van der Waals surface area (Å²) in [4.78, 5) is 4.00. The van der Waals surface area contributed by atoms with Gasteiger partial charge < -0.3 is 10.3 Å². The molecule has 0 saturated carbocycles. The molecule has 1 heterocycles. The van der Waals surface area contributed by atoms with Crippen LogP contribution in [0.25, 0.3) is 5.69 Å². The number of aromatic nitrogens is 2. The summed E-state index contributed by atoms with van der Waals surface area (Å²) in [6, 6.07) is 6.61. The molecule has 15 heavy (non-hydrogen) atoms. The van der Waals surface area contributed by atoms with Crippen LogP contribution in [0.5, 0.6) is 0 Å². The predicted octanol–water partition coefficient (Wildman–Crippen LogP) is 1.51. The summed E-state index contributed by atoms with van der Waals surface area (Å²) < 4.78 is 15.2. The monoisotopic (exact) mass is 205 g/mol. The molecule has 2 aromatic rings. The number of imidazole rings is 1. The molecule has 0 aliphatic rings. The van der Waals surface area contributed by atoms with Crippen LogP contribution in [0, 0.1) is 5.82 Å². The maximum Gasteiger partial charge on any atom is 0.147 e. The quantitative estimate of drug-likeness (QED) is 0.825. The molecule has 0 amide bonds. The van der Waals surface area contributed by atoms with E-state index in [4.69, 9.17) is 5.73 Å². The number of halogens is 1. The van der Waals surface area contributed by atoms with E-state index in [9.17, 15) is 4.39 Å². The van der Waals surface area contributed by atoms with Gasteiger partial charge in [-0.15, -0.1) is 0 Å². The number of nitrogens with two attached hydrogens (primary N) is 1. The van der Waals surface area contributed by atoms with Gasteiger partial charge in [-0.1, -0.05) is 12.1 Å². The van der Waals surface area contributed by atoms with E-state index in [2.05, 4.69) is 4.98 Å². The fourth-order valence-electron chi connectivity index (χ4n) is 1.52. The molecule has 0 saturated heterocycles. The highest BCUT2D eigenvalue weighted by molar-refractivity contribution is 5.35. The van der Waals surface area contributed by atoms with Crippen LogP contribution in [0.1, 0.15) is 5.69 Å². The van der Waals surface area contributed by atoms with Crippen molar-refractivity contribution in [2.24, 2.45) is 5.73 Å². The van der Waals surface area contributed by atoms with Crippen molar-refractivity contribution in [2.45, 2.75) is 6.42 Å². The van der Waals surface area contributed by atoms with Crippen molar-refractivity contribution < 1.29 is 4.39 Å². The summed E-state index contributed by atoms with van der Waals surface area (Å²) >= 11 is 0. The summed E-state index contributed by atoms with van der Waals surface area (Å²) in [5, 5.41) is 0. The maximum absolute atomic E-state index is 13.5. The molecule has 2 N–H and O–H groups in total. The number of hydrogen-bond donors (Lipinski definition) is 1. The summed E-state index contributed by atoms with van der Waals surface area (Å²) in [5.41, 5.74) is 6.90. The Balaban J connectivity index is 2.45. The topological polar surface area (TPSA) is 43.8 Å². The van der Waals surface area contributed by atoms with Gasteiger partial charge >= 0.3 is 0 Å². The predicted molar refractivity (Wildman–Crippen MR) is 56.3 cm³/mol. The van der Waals surface area contributed by atoms with E-state index in [0.717, 1.165) is 5.69 Å². The Labute approximate surface area is 87.4 Å². The van der Waals surface area contributed by atoms with Crippen LogP contribution in [0.15, 0.2) is 36.8 Å². The molecular weight excluding hydrogens is 193 g/mol. The third-order valence-corrected chi connectivity index (χ3v) is 2.23. The summed E-state index contributed by atoms with van der Waals surface area (Å²) in [7, 11) is 0. The number of benzene rings is 1. The van der Waals surface area contributed by atoms with Gasteiger partial charge in [-0.3, -0.25) is 0 Å². The highest BCUT2D eigenvalue weighted by Crippen LogP contribution is 2.14. The lowest BCUT2D eigenvalue weighted by molar-refractivity contribution is 0.615. The first-order valence-corrected chi connectivity index (χ1v) is 4.79. The van der Waals surface area contributed by atoms with E-state index in [1.54, 1.807) is 35.3 Å². The second kappa shape index (κ2) is 4.23. The Morgan fingerprint density at radius 2 is 2.13 bits per heavy atom. The van der Waals surface area contributed by atoms with Crippen LogP contribution in [-0.4, -0.2) is 16.1 Å². The molecule has 0 bridgehead atoms. The van der Waals surface area contributed by atoms with Crippen molar-refractivity contribution >= 4 is 0 Å². The van der Waals surface area contributed by atoms with Crippen molar-refractivity contribution in [3.8, 4) is 5.69 Å². The second-order valence-corrected chi connectivity index (χ2v) is 3.25. The lowest BCUT2D eigenvalue weighted by Crippen LogP contribution is -2.08. The Hall–Kier alpha value is -1.68. The molecule has 0 radical (unpaired) electrons. The molecule has 2 rings (SSSR count). The summed E-state index contributed by atoms with van der Waals surface area (Å²) in [6.07, 6.45) is 4.00. The molecule has 0 atom stereocenters. The lowest BCUT2D eigenvalue weighted by Gasteiger charge is -2.07. The van der Waals surface area contributed by atoms with Crippen LogP contribution in [0.2, 0.25) is 0 Å². The molecule has 0 fully saturated rings. The average molecular weight is 205 g/mol. The van der Waals surface area contributed by atoms with E-state index in [-0.39, 0.29) is 5.82 Å². The number of para-hydroxylation sites is 1. The minimum Gasteiger partial charge on any atom is -0.330 e. The first-order valence-electron chi connectivity index (χ1n) is 4.79. The van der Waals surface area contributed by atoms with Crippen LogP contribution >= 0.6 is 0 Å². The third-order valence-electron chi connectivity index (χ3n) is 2.23. The molecule has 0 spiro atoms. The van der Waals surface area contributed by atoms with Crippen LogP contribution < -0.4 is 5.73 Å². The standard InChI is InChI=1S/C11H12FN3/c12-10-3-1-2-4-11(10)15-8-14-7-9(15)5-6-13/h1-4,7-8H,5-6,13H2. The molecule has 1 aromatic heterocycles. The number of hydrogen-bond acceptors (Lipinski definition) is 2. The molecule has 1 aromatic carbocycles. The van der Waals surface area contributed by atoms with Gasteiger partial charge in [0.1, 0.15) is 5.82 Å². The largest absolute Gasteiger partial charge is 0.330 e. The van der Waals surface area contributed by atoms with Gasteiger partial charge in [-0.2, -0.15) is 0 Å². The molecule has 78 valence electrons. The van der Waals surface area contributed by atoms with Gasteiger partial charge in [0.05, 0.1) is 12.0 Å². The second-order valence-electron chi connectivity index (χ2n) is 3.25. The van der Waals surface area contributed by atoms with Gasteiger partial charge in [0.2, 0.25) is 0 Å². The SMILES string of the molecule is NCCc1cncn1-c1ccccc1F. The van der Waals surface area contributed by atoms with E-state index < -0.39 is 0 Å². The summed E-state index contributed by atoms with van der Waals surface area (Å²) in [5.74, 6) is -0.256. The molecule has 3 nitrogen and oxygen atoms in total. The van der Waals surface area contributed by atoms with Crippen molar-refractivity contribution in [1.29, 1.82) is 0 Å². The minimum atomic E-state index is -0.256. The fourth-order valence-corrected chi connectivity index (χ4v) is 1.52. The van der Waals surface area contributed by atoms with E-state index in [1.165, 1.54) is 6.07 Å². The van der Waals surface area contributed by atoms with Gasteiger partial charge in [0.25, 0.3) is 0 Å². The van der Waals surface area contributed by atoms with Crippen LogP contribution in [0.4, 0.5) is 4.39 Å². The average Bonchev–Trinajstić information content (AvgIpc) is 2.67. The lowest BCUT2D eigenvalue weighted by atomic mass is 10.2. The first kappa shape index (κ1) is 9.86. The van der Waals surface area contributed by atoms with E-state index >= 15 is 0 Å². The zero-order valence-electron chi connectivity index (χ0n) is 8.23. The molecule has 0 aliphatic carbocycles. The zero-order valence-corrected chi connectivity index (χ0v) is 8.23. The Bertz CT molecular complexity index is 451. The molecule has 0 aliphatic heterocycles. The number of rotatable bonds is 3. The minimum absolute atomic E-state index is 0.256. The molecule has 4 heteroatoms. The Morgan fingerprint density at radius 1 is 1.33 bits per heavy atom. The highest BCUT2D eigenvalue weighted by atomic mass is 19.1. The van der Waals surface area contributed by atoms with Crippen molar-refractivity contribution in [1.82, 2.24) is 9.55 Å². The number of nitrogens with zero attached hydrogens (tertiary/aromatic N) is 2.